The fourth-order valence-electron chi connectivity index (χ4n) is 1.17. The fourth-order valence-corrected chi connectivity index (χ4v) is 1.17. The largest absolute Gasteiger partial charge is 0.480 e. The third kappa shape index (κ3) is 4.52. The SMILES string of the molecule is CCC(C(=O)O)N(CCO)NCCO. The molecule has 0 heterocycles. The van der Waals surface area contributed by atoms with Crippen LogP contribution in [0.2, 0.25) is 0 Å². The molecule has 0 amide bonds. The van der Waals surface area contributed by atoms with Crippen LogP contribution >= 0.6 is 0 Å². The average molecular weight is 206 g/mol. The Kier molecular flexibility index (Phi) is 7.31. The zero-order valence-electron chi connectivity index (χ0n) is 8.31. The molecule has 0 aromatic heterocycles. The van der Waals surface area contributed by atoms with E-state index in [0.717, 1.165) is 0 Å². The van der Waals surface area contributed by atoms with Crippen LogP contribution in [0.5, 0.6) is 0 Å². The highest BCUT2D eigenvalue weighted by molar-refractivity contribution is 5.73. The second kappa shape index (κ2) is 7.69. The van der Waals surface area contributed by atoms with Gasteiger partial charge in [0.2, 0.25) is 0 Å². The van der Waals surface area contributed by atoms with Crippen LogP contribution in [-0.4, -0.2) is 58.6 Å². The number of carboxylic acid groups (broad SMARTS) is 1. The summed E-state index contributed by atoms with van der Waals surface area (Å²) in [6, 6.07) is -0.673. The fraction of sp³-hybridized carbons (Fsp3) is 0.875. The van der Waals surface area contributed by atoms with Crippen molar-refractivity contribution in [1.82, 2.24) is 10.4 Å². The Balaban J connectivity index is 4.19. The Bertz CT molecular complexity index is 165. The van der Waals surface area contributed by atoms with Gasteiger partial charge < -0.3 is 15.3 Å². The highest BCUT2D eigenvalue weighted by atomic mass is 16.4. The lowest BCUT2D eigenvalue weighted by Gasteiger charge is -2.27. The molecule has 1 unspecified atom stereocenters. The summed E-state index contributed by atoms with van der Waals surface area (Å²) in [7, 11) is 0. The number of carbonyl (C=O) groups is 1. The van der Waals surface area contributed by atoms with Crippen LogP contribution in [0, 0.1) is 0 Å². The van der Waals surface area contributed by atoms with Gasteiger partial charge in [-0.2, -0.15) is 0 Å². The van der Waals surface area contributed by atoms with Crippen molar-refractivity contribution in [3.05, 3.63) is 0 Å². The summed E-state index contributed by atoms with van der Waals surface area (Å²) in [5, 5.41) is 27.6. The standard InChI is InChI=1S/C8H18N2O4/c1-2-7(8(13)14)10(4-6-12)9-3-5-11/h7,9,11-12H,2-6H2,1H3,(H,13,14). The first-order valence-electron chi connectivity index (χ1n) is 4.62. The molecule has 0 rings (SSSR count). The molecule has 0 aromatic carbocycles. The van der Waals surface area contributed by atoms with Gasteiger partial charge in [0, 0.05) is 13.1 Å². The van der Waals surface area contributed by atoms with Crippen molar-refractivity contribution in [3.8, 4) is 0 Å². The Labute approximate surface area is 83.1 Å². The van der Waals surface area contributed by atoms with Crippen LogP contribution in [0.15, 0.2) is 0 Å². The third-order valence-corrected chi connectivity index (χ3v) is 1.82. The number of hydrazine groups is 1. The lowest BCUT2D eigenvalue weighted by atomic mass is 10.2. The van der Waals surface area contributed by atoms with E-state index in [1.165, 1.54) is 5.01 Å². The summed E-state index contributed by atoms with van der Waals surface area (Å²) in [4.78, 5) is 10.8. The van der Waals surface area contributed by atoms with Crippen LogP contribution in [-0.2, 0) is 4.79 Å². The number of rotatable bonds is 8. The van der Waals surface area contributed by atoms with Crippen LogP contribution in [0.4, 0.5) is 0 Å². The van der Waals surface area contributed by atoms with E-state index in [0.29, 0.717) is 6.42 Å². The van der Waals surface area contributed by atoms with E-state index in [1.54, 1.807) is 6.92 Å². The minimum Gasteiger partial charge on any atom is -0.480 e. The van der Waals surface area contributed by atoms with E-state index in [9.17, 15) is 4.79 Å². The molecule has 0 saturated carbocycles. The maximum Gasteiger partial charge on any atom is 0.322 e. The molecule has 0 radical (unpaired) electrons. The van der Waals surface area contributed by atoms with E-state index in [4.69, 9.17) is 15.3 Å². The van der Waals surface area contributed by atoms with Crippen molar-refractivity contribution in [2.75, 3.05) is 26.3 Å². The van der Waals surface area contributed by atoms with Gasteiger partial charge in [0.25, 0.3) is 0 Å². The molecule has 0 spiro atoms. The number of aliphatic carboxylic acids is 1. The smallest absolute Gasteiger partial charge is 0.322 e. The van der Waals surface area contributed by atoms with Crippen molar-refractivity contribution in [2.45, 2.75) is 19.4 Å². The first kappa shape index (κ1) is 13.3. The first-order valence-corrected chi connectivity index (χ1v) is 4.62. The van der Waals surface area contributed by atoms with Gasteiger partial charge in [-0.05, 0) is 6.42 Å². The molecule has 1 atom stereocenters. The van der Waals surface area contributed by atoms with Gasteiger partial charge in [0.1, 0.15) is 6.04 Å². The molecule has 0 bridgehead atoms. The summed E-state index contributed by atoms with van der Waals surface area (Å²) in [6.45, 7) is 2.07. The molecule has 0 saturated heterocycles. The highest BCUT2D eigenvalue weighted by Gasteiger charge is 2.22. The van der Waals surface area contributed by atoms with Gasteiger partial charge >= 0.3 is 5.97 Å². The van der Waals surface area contributed by atoms with E-state index >= 15 is 0 Å². The summed E-state index contributed by atoms with van der Waals surface area (Å²) >= 11 is 0. The molecule has 0 aliphatic carbocycles. The first-order chi connectivity index (χ1) is 6.67. The predicted octanol–water partition coefficient (Wildman–Crippen LogP) is -1.36. The van der Waals surface area contributed by atoms with Crippen LogP contribution in [0.25, 0.3) is 0 Å². The number of aliphatic hydroxyl groups is 2. The highest BCUT2D eigenvalue weighted by Crippen LogP contribution is 2.00. The van der Waals surface area contributed by atoms with Gasteiger partial charge in [-0.15, -0.1) is 0 Å². The zero-order valence-corrected chi connectivity index (χ0v) is 8.31. The van der Waals surface area contributed by atoms with Gasteiger partial charge in [-0.1, -0.05) is 6.92 Å². The van der Waals surface area contributed by atoms with Gasteiger partial charge in [-0.25, -0.2) is 5.01 Å². The summed E-state index contributed by atoms with van der Waals surface area (Å²) in [5.74, 6) is -0.939. The molecular weight excluding hydrogens is 188 g/mol. The molecule has 84 valence electrons. The van der Waals surface area contributed by atoms with Crippen LogP contribution in [0.3, 0.4) is 0 Å². The van der Waals surface area contributed by atoms with Crippen molar-refractivity contribution < 1.29 is 20.1 Å². The number of nitrogens with zero attached hydrogens (tertiary/aromatic N) is 1. The maximum atomic E-state index is 10.8. The molecule has 6 heteroatoms. The van der Waals surface area contributed by atoms with Gasteiger partial charge in [-0.3, -0.25) is 10.2 Å². The normalized spacial score (nSPS) is 13.1. The Hall–Kier alpha value is -0.690. The van der Waals surface area contributed by atoms with Crippen LogP contribution < -0.4 is 5.43 Å². The van der Waals surface area contributed by atoms with Gasteiger partial charge in [0.05, 0.1) is 13.2 Å². The van der Waals surface area contributed by atoms with Crippen molar-refractivity contribution >= 4 is 5.97 Å². The minimum atomic E-state index is -0.939. The van der Waals surface area contributed by atoms with E-state index < -0.39 is 12.0 Å². The lowest BCUT2D eigenvalue weighted by molar-refractivity contribution is -0.145. The predicted molar refractivity (Wildman–Crippen MR) is 50.6 cm³/mol. The van der Waals surface area contributed by atoms with Crippen molar-refractivity contribution in [2.24, 2.45) is 0 Å². The van der Waals surface area contributed by atoms with E-state index in [1.807, 2.05) is 0 Å². The quantitative estimate of drug-likeness (QED) is 0.367. The number of hydrogen-bond donors (Lipinski definition) is 4. The summed E-state index contributed by atoms with van der Waals surface area (Å²) in [5.41, 5.74) is 2.75. The number of hydrogen-bond acceptors (Lipinski definition) is 5. The summed E-state index contributed by atoms with van der Waals surface area (Å²) in [6.07, 6.45) is 0.438. The molecule has 0 fully saturated rings. The second-order valence-electron chi connectivity index (χ2n) is 2.81. The van der Waals surface area contributed by atoms with Gasteiger partial charge in [0.15, 0.2) is 0 Å². The Morgan fingerprint density at radius 2 is 2.07 bits per heavy atom. The zero-order chi connectivity index (χ0) is 11.0. The Morgan fingerprint density at radius 1 is 1.43 bits per heavy atom. The average Bonchev–Trinajstić information content (AvgIpc) is 2.14. The Morgan fingerprint density at radius 3 is 2.43 bits per heavy atom. The van der Waals surface area contributed by atoms with E-state index in [2.05, 4.69) is 5.43 Å². The topological polar surface area (TPSA) is 93.0 Å². The molecule has 14 heavy (non-hydrogen) atoms. The maximum absolute atomic E-state index is 10.8. The number of aliphatic hydroxyl groups excluding tert-OH is 2. The van der Waals surface area contributed by atoms with E-state index in [-0.39, 0.29) is 26.3 Å². The van der Waals surface area contributed by atoms with Crippen LogP contribution in [0.1, 0.15) is 13.3 Å². The third-order valence-electron chi connectivity index (χ3n) is 1.82. The lowest BCUT2D eigenvalue weighted by Crippen LogP contribution is -2.51. The minimum absolute atomic E-state index is 0.0714. The second-order valence-corrected chi connectivity index (χ2v) is 2.81. The summed E-state index contributed by atoms with van der Waals surface area (Å²) < 4.78 is 0. The van der Waals surface area contributed by atoms with Crippen molar-refractivity contribution in [1.29, 1.82) is 0 Å². The number of nitrogens with one attached hydrogen (secondary N) is 1. The molecule has 0 aromatic rings. The molecular formula is C8H18N2O4. The van der Waals surface area contributed by atoms with Crippen molar-refractivity contribution in [3.63, 3.8) is 0 Å². The molecule has 0 aliphatic heterocycles. The molecule has 0 aliphatic rings. The number of carboxylic acids is 1. The monoisotopic (exact) mass is 206 g/mol. The molecule has 4 N–H and O–H groups in total. The molecule has 6 nitrogen and oxygen atoms in total.